The molecule has 1 aliphatic carbocycles. The summed E-state index contributed by atoms with van der Waals surface area (Å²) in [6.07, 6.45) is 3.63. The quantitative estimate of drug-likeness (QED) is 0.844. The second-order valence-corrected chi connectivity index (χ2v) is 6.23. The highest BCUT2D eigenvalue weighted by atomic mass is 32.2. The molecule has 0 heterocycles. The van der Waals surface area contributed by atoms with E-state index >= 15 is 0 Å². The minimum atomic E-state index is -0.168. The number of ketones is 1. The molecule has 1 nitrogen and oxygen atoms in total. The number of rotatable bonds is 3. The van der Waals surface area contributed by atoms with Crippen molar-refractivity contribution in [2.75, 3.05) is 6.26 Å². The fourth-order valence-corrected chi connectivity index (χ4v) is 4.59. The molecular formula is C18H18OS. The number of carbonyl (C=O) groups is 1. The highest BCUT2D eigenvalue weighted by Gasteiger charge is 2.49. The Hall–Kier alpha value is -1.54. The summed E-state index contributed by atoms with van der Waals surface area (Å²) in [5.41, 5.74) is 2.35. The van der Waals surface area contributed by atoms with Crippen molar-refractivity contribution >= 4 is 17.5 Å². The van der Waals surface area contributed by atoms with Crippen LogP contribution in [0.2, 0.25) is 0 Å². The smallest absolute Gasteiger partial charge is 0.147 e. The molecule has 0 spiro atoms. The molecule has 2 aromatic carbocycles. The van der Waals surface area contributed by atoms with Gasteiger partial charge >= 0.3 is 0 Å². The fourth-order valence-electron chi connectivity index (χ4n) is 3.42. The van der Waals surface area contributed by atoms with Crippen molar-refractivity contribution in [3.63, 3.8) is 0 Å². The first-order valence-corrected chi connectivity index (χ1v) is 8.24. The summed E-state index contributed by atoms with van der Waals surface area (Å²) in [6.45, 7) is 0. The van der Waals surface area contributed by atoms with E-state index in [1.807, 2.05) is 12.1 Å². The fraction of sp³-hybridized carbons (Fsp3) is 0.278. The second-order valence-electron chi connectivity index (χ2n) is 5.29. The Labute approximate surface area is 124 Å². The van der Waals surface area contributed by atoms with E-state index in [1.54, 1.807) is 11.8 Å². The summed E-state index contributed by atoms with van der Waals surface area (Å²) < 4.78 is 0. The van der Waals surface area contributed by atoms with Crippen LogP contribution in [0.3, 0.4) is 0 Å². The molecule has 0 aliphatic heterocycles. The third-order valence-corrected chi connectivity index (χ3v) is 5.46. The normalized spacial score (nSPS) is 21.1. The average molecular weight is 282 g/mol. The molecular weight excluding hydrogens is 264 g/mol. The monoisotopic (exact) mass is 282 g/mol. The summed E-state index contributed by atoms with van der Waals surface area (Å²) in [5.74, 6) is 0.380. The summed E-state index contributed by atoms with van der Waals surface area (Å²) in [6, 6.07) is 21.0. The van der Waals surface area contributed by atoms with Crippen molar-refractivity contribution in [2.24, 2.45) is 0 Å². The summed E-state index contributed by atoms with van der Waals surface area (Å²) in [7, 11) is 0. The topological polar surface area (TPSA) is 17.1 Å². The minimum Gasteiger partial charge on any atom is -0.298 e. The largest absolute Gasteiger partial charge is 0.298 e. The van der Waals surface area contributed by atoms with Crippen LogP contribution in [-0.2, 0) is 10.2 Å². The second kappa shape index (κ2) is 5.45. The Bertz CT molecular complexity index is 552. The molecule has 2 heteroatoms. The molecule has 1 aliphatic rings. The van der Waals surface area contributed by atoms with Gasteiger partial charge in [0.1, 0.15) is 5.78 Å². The molecule has 20 heavy (non-hydrogen) atoms. The molecule has 0 amide bonds. The summed E-state index contributed by atoms with van der Waals surface area (Å²) >= 11 is 1.69. The lowest BCUT2D eigenvalue weighted by atomic mass is 9.73. The number of carbonyl (C=O) groups excluding carboxylic acids is 1. The maximum atomic E-state index is 12.3. The zero-order valence-electron chi connectivity index (χ0n) is 11.6. The third kappa shape index (κ3) is 1.99. The van der Waals surface area contributed by atoms with E-state index in [1.165, 1.54) is 11.1 Å². The van der Waals surface area contributed by atoms with E-state index in [2.05, 4.69) is 54.8 Å². The van der Waals surface area contributed by atoms with Crippen LogP contribution in [0.25, 0.3) is 0 Å². The van der Waals surface area contributed by atoms with Gasteiger partial charge in [0.2, 0.25) is 0 Å². The van der Waals surface area contributed by atoms with Gasteiger partial charge in [0, 0.05) is 11.8 Å². The van der Waals surface area contributed by atoms with E-state index in [0.717, 1.165) is 6.42 Å². The van der Waals surface area contributed by atoms with Gasteiger partial charge in [0.05, 0.1) is 5.25 Å². The van der Waals surface area contributed by atoms with Gasteiger partial charge in [0.15, 0.2) is 0 Å². The van der Waals surface area contributed by atoms with E-state index < -0.39 is 0 Å². The number of thioether (sulfide) groups is 1. The van der Waals surface area contributed by atoms with Gasteiger partial charge in [-0.1, -0.05) is 60.7 Å². The molecule has 3 rings (SSSR count). The molecule has 2 aromatic rings. The molecule has 1 unspecified atom stereocenters. The van der Waals surface area contributed by atoms with Crippen LogP contribution in [0, 0.1) is 0 Å². The van der Waals surface area contributed by atoms with Crippen molar-refractivity contribution in [2.45, 2.75) is 23.5 Å². The zero-order chi connectivity index (χ0) is 14.0. The Morgan fingerprint density at radius 1 is 0.950 bits per heavy atom. The molecule has 0 saturated heterocycles. The van der Waals surface area contributed by atoms with Crippen LogP contribution in [0.1, 0.15) is 24.0 Å². The maximum absolute atomic E-state index is 12.3. The molecule has 0 bridgehead atoms. The lowest BCUT2D eigenvalue weighted by Crippen LogP contribution is -2.36. The van der Waals surface area contributed by atoms with Gasteiger partial charge in [-0.25, -0.2) is 0 Å². The molecule has 0 aromatic heterocycles. The van der Waals surface area contributed by atoms with Gasteiger partial charge < -0.3 is 0 Å². The third-order valence-electron chi connectivity index (χ3n) is 4.32. The molecule has 1 fully saturated rings. The minimum absolute atomic E-state index is 0.0206. The van der Waals surface area contributed by atoms with Gasteiger partial charge in [-0.2, -0.15) is 11.8 Å². The van der Waals surface area contributed by atoms with Crippen molar-refractivity contribution in [3.8, 4) is 0 Å². The first-order valence-electron chi connectivity index (χ1n) is 6.95. The van der Waals surface area contributed by atoms with Crippen LogP contribution in [-0.4, -0.2) is 17.3 Å². The van der Waals surface area contributed by atoms with Gasteiger partial charge in [-0.3, -0.25) is 4.79 Å². The Morgan fingerprint density at radius 2 is 1.45 bits per heavy atom. The van der Waals surface area contributed by atoms with Crippen LogP contribution < -0.4 is 0 Å². The number of hydrogen-bond acceptors (Lipinski definition) is 2. The van der Waals surface area contributed by atoms with Crippen LogP contribution in [0.15, 0.2) is 60.7 Å². The highest BCUT2D eigenvalue weighted by Crippen LogP contribution is 2.49. The number of hydrogen-bond donors (Lipinski definition) is 0. The van der Waals surface area contributed by atoms with Crippen LogP contribution in [0.5, 0.6) is 0 Å². The molecule has 0 radical (unpaired) electrons. The van der Waals surface area contributed by atoms with E-state index in [9.17, 15) is 4.79 Å². The van der Waals surface area contributed by atoms with Crippen molar-refractivity contribution < 1.29 is 4.79 Å². The Kier molecular flexibility index (Phi) is 3.66. The van der Waals surface area contributed by atoms with Crippen molar-refractivity contribution in [1.29, 1.82) is 0 Å². The first kappa shape index (κ1) is 13.4. The van der Waals surface area contributed by atoms with E-state index in [4.69, 9.17) is 0 Å². The first-order chi connectivity index (χ1) is 9.79. The predicted octanol–water partition coefficient (Wildman–Crippen LogP) is 4.07. The zero-order valence-corrected chi connectivity index (χ0v) is 12.4. The van der Waals surface area contributed by atoms with Crippen LogP contribution in [0.4, 0.5) is 0 Å². The lowest BCUT2D eigenvalue weighted by molar-refractivity contribution is -0.117. The summed E-state index contributed by atoms with van der Waals surface area (Å²) in [4.78, 5) is 12.3. The predicted molar refractivity (Wildman–Crippen MR) is 85.2 cm³/mol. The molecule has 1 atom stereocenters. The Balaban J connectivity index is 2.21. The van der Waals surface area contributed by atoms with Crippen LogP contribution >= 0.6 is 11.8 Å². The SMILES string of the molecule is CSC1C(=O)CCC1(c1ccccc1)c1ccccc1. The number of Topliss-reactive ketones (excluding diaryl/α,β-unsaturated/α-hetero) is 1. The average Bonchev–Trinajstić information content (AvgIpc) is 2.86. The summed E-state index contributed by atoms with van der Waals surface area (Å²) in [5, 5.41) is 0.0206. The van der Waals surface area contributed by atoms with Gasteiger partial charge in [-0.05, 0) is 23.8 Å². The van der Waals surface area contributed by atoms with Crippen molar-refractivity contribution in [1.82, 2.24) is 0 Å². The highest BCUT2D eigenvalue weighted by molar-refractivity contribution is 8.00. The number of benzene rings is 2. The van der Waals surface area contributed by atoms with E-state index in [0.29, 0.717) is 12.2 Å². The molecule has 1 saturated carbocycles. The maximum Gasteiger partial charge on any atom is 0.147 e. The van der Waals surface area contributed by atoms with Gasteiger partial charge in [0.25, 0.3) is 0 Å². The lowest BCUT2D eigenvalue weighted by Gasteiger charge is -2.35. The van der Waals surface area contributed by atoms with Gasteiger partial charge in [-0.15, -0.1) is 0 Å². The Morgan fingerprint density at radius 3 is 1.90 bits per heavy atom. The molecule has 0 N–H and O–H groups in total. The van der Waals surface area contributed by atoms with Crippen molar-refractivity contribution in [3.05, 3.63) is 71.8 Å². The van der Waals surface area contributed by atoms with E-state index in [-0.39, 0.29) is 10.7 Å². The molecule has 102 valence electrons. The standard InChI is InChI=1S/C18H18OS/c1-20-17-16(19)12-13-18(17,14-8-4-2-5-9-14)15-10-6-3-7-11-15/h2-11,17H,12-13H2,1H3.